The Labute approximate surface area is 90.6 Å². The highest BCUT2D eigenvalue weighted by Crippen LogP contribution is 2.20. The van der Waals surface area contributed by atoms with Crippen molar-refractivity contribution in [1.82, 2.24) is 0 Å². The first-order chi connectivity index (χ1) is 6.06. The van der Waals surface area contributed by atoms with Gasteiger partial charge in [0.1, 0.15) is 5.82 Å². The summed E-state index contributed by atoms with van der Waals surface area (Å²) in [4.78, 5) is 0. The van der Waals surface area contributed by atoms with Crippen LogP contribution >= 0.6 is 22.6 Å². The molecule has 1 aromatic rings. The Morgan fingerprint density at radius 1 is 1.54 bits per heavy atom. The Morgan fingerprint density at radius 3 is 2.62 bits per heavy atom. The summed E-state index contributed by atoms with van der Waals surface area (Å²) in [5, 5.41) is 0. The fraction of sp³-hybridized carbons (Fsp3) is 0.333. The lowest BCUT2D eigenvalue weighted by Crippen LogP contribution is -2.21. The van der Waals surface area contributed by atoms with E-state index in [9.17, 15) is 4.39 Å². The van der Waals surface area contributed by atoms with Gasteiger partial charge < -0.3 is 11.5 Å². The van der Waals surface area contributed by atoms with Gasteiger partial charge in [0.25, 0.3) is 0 Å². The zero-order valence-electron chi connectivity index (χ0n) is 7.35. The van der Waals surface area contributed by atoms with E-state index in [0.29, 0.717) is 12.1 Å². The lowest BCUT2D eigenvalue weighted by Gasteiger charge is -2.11. The third-order valence-electron chi connectivity index (χ3n) is 1.99. The van der Waals surface area contributed by atoms with Crippen LogP contribution in [0, 0.1) is 16.3 Å². The zero-order valence-corrected chi connectivity index (χ0v) is 9.51. The summed E-state index contributed by atoms with van der Waals surface area (Å²) in [6.45, 7) is 2.08. The summed E-state index contributed by atoms with van der Waals surface area (Å²) in [5.74, 6) is -0.217. The third kappa shape index (κ3) is 2.38. The standard InChI is InChI=1S/C9H12FIN2/c1-5-7(10)2-6(3-8(5)11)9(13)4-12/h2-3,9H,4,12-13H2,1H3/t9-/m1/s1. The molecule has 0 saturated heterocycles. The van der Waals surface area contributed by atoms with Gasteiger partial charge in [-0.1, -0.05) is 0 Å². The number of hydrogen-bond donors (Lipinski definition) is 2. The van der Waals surface area contributed by atoms with E-state index in [0.717, 1.165) is 9.13 Å². The summed E-state index contributed by atoms with van der Waals surface area (Å²) in [5.41, 5.74) is 12.5. The molecule has 0 unspecified atom stereocenters. The summed E-state index contributed by atoms with van der Waals surface area (Å²) < 4.78 is 14.1. The first-order valence-corrected chi connectivity index (χ1v) is 5.05. The number of benzene rings is 1. The van der Waals surface area contributed by atoms with E-state index in [-0.39, 0.29) is 11.9 Å². The Kier molecular flexibility index (Phi) is 3.63. The largest absolute Gasteiger partial charge is 0.329 e. The third-order valence-corrected chi connectivity index (χ3v) is 3.11. The van der Waals surface area contributed by atoms with Crippen molar-refractivity contribution in [1.29, 1.82) is 0 Å². The van der Waals surface area contributed by atoms with Crippen LogP contribution in [0.5, 0.6) is 0 Å². The van der Waals surface area contributed by atoms with Crippen molar-refractivity contribution in [3.05, 3.63) is 32.6 Å². The zero-order chi connectivity index (χ0) is 10.0. The summed E-state index contributed by atoms with van der Waals surface area (Å²) in [6, 6.07) is 3.05. The van der Waals surface area contributed by atoms with Gasteiger partial charge in [-0.05, 0) is 52.8 Å². The molecule has 4 N–H and O–H groups in total. The molecule has 0 aliphatic rings. The topological polar surface area (TPSA) is 52.0 Å². The van der Waals surface area contributed by atoms with Crippen LogP contribution in [-0.4, -0.2) is 6.54 Å². The molecule has 0 spiro atoms. The van der Waals surface area contributed by atoms with Gasteiger partial charge in [0.05, 0.1) is 0 Å². The molecule has 0 aromatic heterocycles. The Balaban J connectivity index is 3.13. The molecule has 72 valence electrons. The molecular weight excluding hydrogens is 282 g/mol. The monoisotopic (exact) mass is 294 g/mol. The minimum Gasteiger partial charge on any atom is -0.329 e. The van der Waals surface area contributed by atoms with Crippen LogP contribution in [-0.2, 0) is 0 Å². The second kappa shape index (κ2) is 4.34. The highest BCUT2D eigenvalue weighted by Gasteiger charge is 2.09. The molecule has 0 fully saturated rings. The minimum absolute atomic E-state index is 0.217. The molecule has 0 radical (unpaired) electrons. The van der Waals surface area contributed by atoms with Crippen LogP contribution in [0.3, 0.4) is 0 Å². The van der Waals surface area contributed by atoms with Gasteiger partial charge in [0.15, 0.2) is 0 Å². The molecule has 4 heteroatoms. The van der Waals surface area contributed by atoms with Crippen LogP contribution < -0.4 is 11.5 Å². The van der Waals surface area contributed by atoms with Crippen LogP contribution in [0.2, 0.25) is 0 Å². The molecule has 0 aliphatic heterocycles. The highest BCUT2D eigenvalue weighted by molar-refractivity contribution is 14.1. The van der Waals surface area contributed by atoms with Crippen molar-refractivity contribution >= 4 is 22.6 Å². The van der Waals surface area contributed by atoms with E-state index < -0.39 is 0 Å². The van der Waals surface area contributed by atoms with Crippen molar-refractivity contribution < 1.29 is 4.39 Å². The van der Waals surface area contributed by atoms with Gasteiger partial charge in [0, 0.05) is 16.2 Å². The molecule has 2 nitrogen and oxygen atoms in total. The lowest BCUT2D eigenvalue weighted by atomic mass is 10.1. The quantitative estimate of drug-likeness (QED) is 0.816. The van der Waals surface area contributed by atoms with Crippen molar-refractivity contribution in [2.75, 3.05) is 6.54 Å². The number of rotatable bonds is 2. The maximum atomic E-state index is 13.2. The molecule has 0 aliphatic carbocycles. The first-order valence-electron chi connectivity index (χ1n) is 3.97. The van der Waals surface area contributed by atoms with E-state index in [1.54, 1.807) is 6.92 Å². The molecule has 0 bridgehead atoms. The molecule has 0 saturated carbocycles. The maximum absolute atomic E-state index is 13.2. The normalized spacial score (nSPS) is 13.0. The van der Waals surface area contributed by atoms with Crippen molar-refractivity contribution in [2.24, 2.45) is 11.5 Å². The van der Waals surface area contributed by atoms with Gasteiger partial charge in [-0.25, -0.2) is 4.39 Å². The molecule has 1 rings (SSSR count). The van der Waals surface area contributed by atoms with Crippen LogP contribution in [0.25, 0.3) is 0 Å². The predicted octanol–water partition coefficient (Wildman–Crippen LogP) is 1.70. The second-order valence-corrected chi connectivity index (χ2v) is 4.11. The van der Waals surface area contributed by atoms with Gasteiger partial charge in [-0.3, -0.25) is 0 Å². The fourth-order valence-electron chi connectivity index (χ4n) is 1.02. The fourth-order valence-corrected chi connectivity index (χ4v) is 1.63. The van der Waals surface area contributed by atoms with E-state index in [1.165, 1.54) is 6.07 Å². The van der Waals surface area contributed by atoms with E-state index in [4.69, 9.17) is 11.5 Å². The van der Waals surface area contributed by atoms with E-state index in [1.807, 2.05) is 6.07 Å². The lowest BCUT2D eigenvalue weighted by molar-refractivity contribution is 0.609. The smallest absolute Gasteiger partial charge is 0.127 e. The Morgan fingerprint density at radius 2 is 2.15 bits per heavy atom. The molecular formula is C9H12FIN2. The minimum atomic E-state index is -0.274. The Hall–Kier alpha value is -0.200. The Bertz CT molecular complexity index is 291. The maximum Gasteiger partial charge on any atom is 0.127 e. The van der Waals surface area contributed by atoms with E-state index in [2.05, 4.69) is 22.6 Å². The highest BCUT2D eigenvalue weighted by atomic mass is 127. The SMILES string of the molecule is Cc1c(F)cc([C@H](N)CN)cc1I. The first kappa shape index (κ1) is 10.9. The van der Waals surface area contributed by atoms with Crippen LogP contribution in [0.1, 0.15) is 17.2 Å². The van der Waals surface area contributed by atoms with Gasteiger partial charge in [0.2, 0.25) is 0 Å². The molecule has 0 amide bonds. The average Bonchev–Trinajstić information content (AvgIpc) is 2.12. The molecule has 1 aromatic carbocycles. The van der Waals surface area contributed by atoms with Crippen LogP contribution in [0.15, 0.2) is 12.1 Å². The number of nitrogens with two attached hydrogens (primary N) is 2. The van der Waals surface area contributed by atoms with Gasteiger partial charge >= 0.3 is 0 Å². The predicted molar refractivity (Wildman–Crippen MR) is 59.8 cm³/mol. The van der Waals surface area contributed by atoms with E-state index >= 15 is 0 Å². The van der Waals surface area contributed by atoms with Gasteiger partial charge in [-0.2, -0.15) is 0 Å². The summed E-state index contributed by atoms with van der Waals surface area (Å²) in [7, 11) is 0. The molecule has 13 heavy (non-hydrogen) atoms. The van der Waals surface area contributed by atoms with Gasteiger partial charge in [-0.15, -0.1) is 0 Å². The van der Waals surface area contributed by atoms with Crippen molar-refractivity contribution in [3.63, 3.8) is 0 Å². The second-order valence-electron chi connectivity index (χ2n) is 2.95. The van der Waals surface area contributed by atoms with Crippen molar-refractivity contribution in [2.45, 2.75) is 13.0 Å². The van der Waals surface area contributed by atoms with Crippen molar-refractivity contribution in [3.8, 4) is 0 Å². The molecule has 0 heterocycles. The number of hydrogen-bond acceptors (Lipinski definition) is 2. The number of halogens is 2. The summed E-state index contributed by atoms with van der Waals surface area (Å²) >= 11 is 2.09. The van der Waals surface area contributed by atoms with Crippen LogP contribution in [0.4, 0.5) is 4.39 Å². The average molecular weight is 294 g/mol. The molecule has 1 atom stereocenters. The summed E-state index contributed by atoms with van der Waals surface area (Å²) in [6.07, 6.45) is 0.